The second-order valence-corrected chi connectivity index (χ2v) is 5.78. The van der Waals surface area contributed by atoms with Crippen molar-refractivity contribution in [2.24, 2.45) is 5.92 Å². The molecular formula is C14H31N3. The lowest BCUT2D eigenvalue weighted by atomic mass is 10.1. The molecular weight excluding hydrogens is 210 g/mol. The summed E-state index contributed by atoms with van der Waals surface area (Å²) in [5.74, 6) is 0.796. The average molecular weight is 241 g/mol. The average Bonchev–Trinajstić information content (AvgIpc) is 2.29. The van der Waals surface area contributed by atoms with E-state index >= 15 is 0 Å². The number of nitrogens with zero attached hydrogens (tertiary/aromatic N) is 2. The smallest absolute Gasteiger partial charge is 0.0193 e. The fourth-order valence-electron chi connectivity index (χ4n) is 2.52. The third-order valence-corrected chi connectivity index (χ3v) is 3.52. The minimum absolute atomic E-state index is 0.683. The molecule has 0 bridgehead atoms. The van der Waals surface area contributed by atoms with Crippen molar-refractivity contribution in [3.8, 4) is 0 Å². The Kier molecular flexibility index (Phi) is 7.09. The summed E-state index contributed by atoms with van der Waals surface area (Å²) >= 11 is 0. The number of hydrogen-bond acceptors (Lipinski definition) is 3. The van der Waals surface area contributed by atoms with Gasteiger partial charge in [0.2, 0.25) is 0 Å². The van der Waals surface area contributed by atoms with Gasteiger partial charge in [-0.15, -0.1) is 0 Å². The second-order valence-electron chi connectivity index (χ2n) is 5.78. The highest BCUT2D eigenvalue weighted by Crippen LogP contribution is 2.08. The monoisotopic (exact) mass is 241 g/mol. The Hall–Kier alpha value is -0.120. The summed E-state index contributed by atoms with van der Waals surface area (Å²) in [6.45, 7) is 17.7. The molecule has 0 aliphatic carbocycles. The number of hydrogen-bond donors (Lipinski definition) is 1. The van der Waals surface area contributed by atoms with Crippen molar-refractivity contribution in [2.75, 3.05) is 45.8 Å². The van der Waals surface area contributed by atoms with Gasteiger partial charge >= 0.3 is 0 Å². The molecule has 0 radical (unpaired) electrons. The highest BCUT2D eigenvalue weighted by atomic mass is 15.3. The van der Waals surface area contributed by atoms with Crippen molar-refractivity contribution >= 4 is 0 Å². The molecule has 17 heavy (non-hydrogen) atoms. The molecule has 1 N–H and O–H groups in total. The van der Waals surface area contributed by atoms with Crippen LogP contribution in [0.2, 0.25) is 0 Å². The van der Waals surface area contributed by atoms with Gasteiger partial charge in [0.05, 0.1) is 0 Å². The van der Waals surface area contributed by atoms with Crippen LogP contribution >= 0.6 is 0 Å². The van der Waals surface area contributed by atoms with E-state index in [-0.39, 0.29) is 0 Å². The van der Waals surface area contributed by atoms with Crippen molar-refractivity contribution in [2.45, 2.75) is 40.2 Å². The molecule has 0 aromatic heterocycles. The molecule has 1 aliphatic rings. The minimum atomic E-state index is 0.683. The quantitative estimate of drug-likeness (QED) is 0.684. The first-order valence-electron chi connectivity index (χ1n) is 7.30. The second kappa shape index (κ2) is 8.06. The summed E-state index contributed by atoms with van der Waals surface area (Å²) < 4.78 is 0. The molecule has 1 fully saturated rings. The molecule has 1 aliphatic heterocycles. The molecule has 3 nitrogen and oxygen atoms in total. The summed E-state index contributed by atoms with van der Waals surface area (Å²) in [7, 11) is 0. The van der Waals surface area contributed by atoms with Gasteiger partial charge in [0, 0.05) is 45.3 Å². The van der Waals surface area contributed by atoms with Crippen LogP contribution in [0.15, 0.2) is 0 Å². The summed E-state index contributed by atoms with van der Waals surface area (Å²) in [6.07, 6.45) is 1.23. The Labute approximate surface area is 108 Å². The highest BCUT2D eigenvalue weighted by molar-refractivity contribution is 4.77. The molecule has 3 heteroatoms. The van der Waals surface area contributed by atoms with Crippen LogP contribution in [0.25, 0.3) is 0 Å². The van der Waals surface area contributed by atoms with Crippen molar-refractivity contribution in [3.05, 3.63) is 0 Å². The zero-order valence-corrected chi connectivity index (χ0v) is 12.2. The molecule has 0 spiro atoms. The number of piperazine rings is 1. The lowest BCUT2D eigenvalue weighted by Gasteiger charge is -2.38. The van der Waals surface area contributed by atoms with Gasteiger partial charge in [-0.3, -0.25) is 4.90 Å². The van der Waals surface area contributed by atoms with Gasteiger partial charge in [0.15, 0.2) is 0 Å². The molecule has 1 atom stereocenters. The van der Waals surface area contributed by atoms with Crippen LogP contribution in [0.3, 0.4) is 0 Å². The lowest BCUT2D eigenvalue weighted by molar-refractivity contribution is 0.0943. The van der Waals surface area contributed by atoms with Crippen LogP contribution < -0.4 is 5.32 Å². The normalized spacial score (nSPS) is 21.0. The van der Waals surface area contributed by atoms with E-state index in [0.29, 0.717) is 6.04 Å². The van der Waals surface area contributed by atoms with Crippen LogP contribution in [0.5, 0.6) is 0 Å². The van der Waals surface area contributed by atoms with Crippen molar-refractivity contribution in [1.82, 2.24) is 15.1 Å². The van der Waals surface area contributed by atoms with E-state index in [1.54, 1.807) is 0 Å². The Balaban J connectivity index is 2.17. The molecule has 1 heterocycles. The molecule has 0 amide bonds. The van der Waals surface area contributed by atoms with Crippen LogP contribution in [0, 0.1) is 5.92 Å². The fraction of sp³-hybridized carbons (Fsp3) is 1.00. The van der Waals surface area contributed by atoms with Gasteiger partial charge in [-0.2, -0.15) is 0 Å². The van der Waals surface area contributed by atoms with Crippen LogP contribution in [0.1, 0.15) is 34.1 Å². The third-order valence-electron chi connectivity index (χ3n) is 3.52. The summed E-state index contributed by atoms with van der Waals surface area (Å²) in [5, 5.41) is 3.52. The van der Waals surface area contributed by atoms with E-state index < -0.39 is 0 Å². The first kappa shape index (κ1) is 14.9. The van der Waals surface area contributed by atoms with E-state index in [9.17, 15) is 0 Å². The number of rotatable bonds is 7. The van der Waals surface area contributed by atoms with Gasteiger partial charge < -0.3 is 10.2 Å². The molecule has 1 rings (SSSR count). The molecule has 0 aromatic rings. The van der Waals surface area contributed by atoms with E-state index in [1.807, 2.05) is 0 Å². The van der Waals surface area contributed by atoms with Crippen molar-refractivity contribution in [1.29, 1.82) is 0 Å². The molecule has 102 valence electrons. The van der Waals surface area contributed by atoms with Crippen molar-refractivity contribution < 1.29 is 0 Å². The summed E-state index contributed by atoms with van der Waals surface area (Å²) in [4.78, 5) is 5.23. The first-order chi connectivity index (χ1) is 8.13. The lowest BCUT2D eigenvalue weighted by Crippen LogP contribution is -2.52. The maximum absolute atomic E-state index is 3.52. The maximum atomic E-state index is 3.52. The molecule has 0 saturated carbocycles. The zero-order valence-electron chi connectivity index (χ0n) is 12.2. The van der Waals surface area contributed by atoms with E-state index in [0.717, 1.165) is 19.0 Å². The molecule has 1 saturated heterocycles. The topological polar surface area (TPSA) is 18.5 Å². The van der Waals surface area contributed by atoms with Crippen LogP contribution in [-0.2, 0) is 0 Å². The standard InChI is InChI=1S/C14H31N3/c1-5-6-15-11-14(4)17-9-7-16(8-10-17)12-13(2)3/h13-15H,5-12H2,1-4H3. The van der Waals surface area contributed by atoms with Gasteiger partial charge in [-0.1, -0.05) is 20.8 Å². The maximum Gasteiger partial charge on any atom is 0.0193 e. The van der Waals surface area contributed by atoms with Gasteiger partial charge in [-0.25, -0.2) is 0 Å². The van der Waals surface area contributed by atoms with Gasteiger partial charge in [0.25, 0.3) is 0 Å². The SMILES string of the molecule is CCCNCC(C)N1CCN(CC(C)C)CC1. The highest BCUT2D eigenvalue weighted by Gasteiger charge is 2.20. The predicted molar refractivity (Wildman–Crippen MR) is 75.5 cm³/mol. The predicted octanol–water partition coefficient (Wildman–Crippen LogP) is 1.65. The van der Waals surface area contributed by atoms with E-state index in [1.165, 1.54) is 39.1 Å². The van der Waals surface area contributed by atoms with Crippen LogP contribution in [0.4, 0.5) is 0 Å². The van der Waals surface area contributed by atoms with Crippen LogP contribution in [-0.4, -0.2) is 61.7 Å². The third kappa shape index (κ3) is 5.84. The summed E-state index contributed by atoms with van der Waals surface area (Å²) in [5.41, 5.74) is 0. The number of nitrogens with one attached hydrogen (secondary N) is 1. The van der Waals surface area contributed by atoms with E-state index in [2.05, 4.69) is 42.8 Å². The fourth-order valence-corrected chi connectivity index (χ4v) is 2.52. The van der Waals surface area contributed by atoms with Gasteiger partial charge in [-0.05, 0) is 25.8 Å². The molecule has 1 unspecified atom stereocenters. The minimum Gasteiger partial charge on any atom is -0.315 e. The Morgan fingerprint density at radius 3 is 2.24 bits per heavy atom. The molecule has 0 aromatic carbocycles. The Bertz CT molecular complexity index is 186. The van der Waals surface area contributed by atoms with Gasteiger partial charge in [0.1, 0.15) is 0 Å². The van der Waals surface area contributed by atoms with E-state index in [4.69, 9.17) is 0 Å². The Morgan fingerprint density at radius 1 is 1.06 bits per heavy atom. The zero-order chi connectivity index (χ0) is 12.7. The largest absolute Gasteiger partial charge is 0.315 e. The van der Waals surface area contributed by atoms with Crippen molar-refractivity contribution in [3.63, 3.8) is 0 Å². The summed E-state index contributed by atoms with van der Waals surface area (Å²) in [6, 6.07) is 0.683. The first-order valence-corrected chi connectivity index (χ1v) is 7.30. The Morgan fingerprint density at radius 2 is 1.71 bits per heavy atom.